The van der Waals surface area contributed by atoms with Gasteiger partial charge in [0.05, 0.1) is 25.9 Å². The molecule has 0 spiro atoms. The number of hydrogen-bond acceptors (Lipinski definition) is 5. The summed E-state index contributed by atoms with van der Waals surface area (Å²) in [4.78, 5) is 0. The van der Waals surface area contributed by atoms with Gasteiger partial charge < -0.3 is 24.8 Å². The summed E-state index contributed by atoms with van der Waals surface area (Å²) in [5.41, 5.74) is 2.70. The van der Waals surface area contributed by atoms with E-state index in [-0.39, 0.29) is 6.61 Å². The zero-order valence-corrected chi connectivity index (χ0v) is 16.0. The number of methoxy groups -OCH3 is 1. The van der Waals surface area contributed by atoms with Crippen molar-refractivity contribution >= 4 is 11.6 Å². The Hall–Kier alpha value is -1.63. The van der Waals surface area contributed by atoms with Gasteiger partial charge in [-0.25, -0.2) is 0 Å². The maximum absolute atomic E-state index is 10.5. The van der Waals surface area contributed by atoms with Crippen molar-refractivity contribution < 1.29 is 24.8 Å². The highest BCUT2D eigenvalue weighted by atomic mass is 35.5. The topological polar surface area (TPSA) is 79.2 Å². The number of rotatable bonds is 5. The largest absolute Gasteiger partial charge is 0.497 e. The molecule has 1 aliphatic heterocycles. The van der Waals surface area contributed by atoms with Crippen LogP contribution < -0.4 is 4.74 Å². The Morgan fingerprint density at radius 2 is 1.85 bits per heavy atom. The van der Waals surface area contributed by atoms with Crippen LogP contribution in [0.2, 0.25) is 5.02 Å². The van der Waals surface area contributed by atoms with Crippen LogP contribution in [0.25, 0.3) is 0 Å². The van der Waals surface area contributed by atoms with Crippen LogP contribution in [0.1, 0.15) is 35.6 Å². The van der Waals surface area contributed by atoms with E-state index in [0.29, 0.717) is 24.3 Å². The molecule has 0 bridgehead atoms. The van der Waals surface area contributed by atoms with Crippen LogP contribution in [0.5, 0.6) is 5.75 Å². The summed E-state index contributed by atoms with van der Waals surface area (Å²) in [6.07, 6.45) is -1.59. The van der Waals surface area contributed by atoms with Gasteiger partial charge in [-0.3, -0.25) is 0 Å². The Kier molecular flexibility index (Phi) is 6.73. The maximum Gasteiger partial charge on any atom is 0.118 e. The molecule has 0 radical (unpaired) electrons. The fourth-order valence-electron chi connectivity index (χ4n) is 3.37. The number of aliphatic hydroxyl groups is 3. The fourth-order valence-corrected chi connectivity index (χ4v) is 3.55. The lowest BCUT2D eigenvalue weighted by atomic mass is 9.95. The van der Waals surface area contributed by atoms with Crippen LogP contribution in [0.3, 0.4) is 0 Å². The molecule has 27 heavy (non-hydrogen) atoms. The maximum atomic E-state index is 10.5. The third-order valence-corrected chi connectivity index (χ3v) is 5.35. The summed E-state index contributed by atoms with van der Waals surface area (Å²) in [6, 6.07) is 13.2. The fraction of sp³-hybridized carbons (Fsp3) is 0.429. The SMILES string of the molecule is COc1ccc(Cc2cc(C3OC(CO)CC[C@@H](O)C3O)ccc2Cl)cc1. The monoisotopic (exact) mass is 392 g/mol. The second-order valence-electron chi connectivity index (χ2n) is 6.87. The molecule has 1 fully saturated rings. The first-order valence-corrected chi connectivity index (χ1v) is 9.43. The van der Waals surface area contributed by atoms with Crippen molar-refractivity contribution in [3.8, 4) is 5.75 Å². The molecule has 4 atom stereocenters. The van der Waals surface area contributed by atoms with Crippen molar-refractivity contribution in [2.75, 3.05) is 13.7 Å². The third kappa shape index (κ3) is 4.81. The zero-order chi connectivity index (χ0) is 19.4. The lowest BCUT2D eigenvalue weighted by molar-refractivity contribution is -0.104. The van der Waals surface area contributed by atoms with Gasteiger partial charge in [0.2, 0.25) is 0 Å². The van der Waals surface area contributed by atoms with Crippen LogP contribution in [0, 0.1) is 0 Å². The van der Waals surface area contributed by atoms with Crippen molar-refractivity contribution in [3.63, 3.8) is 0 Å². The van der Waals surface area contributed by atoms with Gasteiger partial charge in [-0.05, 0) is 54.2 Å². The van der Waals surface area contributed by atoms with Crippen LogP contribution in [0.4, 0.5) is 0 Å². The van der Waals surface area contributed by atoms with Crippen molar-refractivity contribution in [1.29, 1.82) is 0 Å². The lowest BCUT2D eigenvalue weighted by Gasteiger charge is -2.26. The van der Waals surface area contributed by atoms with E-state index >= 15 is 0 Å². The Morgan fingerprint density at radius 1 is 1.11 bits per heavy atom. The van der Waals surface area contributed by atoms with E-state index in [0.717, 1.165) is 22.4 Å². The zero-order valence-electron chi connectivity index (χ0n) is 15.2. The molecular weight excluding hydrogens is 368 g/mol. The highest BCUT2D eigenvalue weighted by Gasteiger charge is 2.34. The van der Waals surface area contributed by atoms with Crippen LogP contribution >= 0.6 is 11.6 Å². The number of benzene rings is 2. The predicted molar refractivity (Wildman–Crippen MR) is 103 cm³/mol. The smallest absolute Gasteiger partial charge is 0.118 e. The van der Waals surface area contributed by atoms with Gasteiger partial charge in [0, 0.05) is 5.02 Å². The summed E-state index contributed by atoms with van der Waals surface area (Å²) < 4.78 is 11.1. The summed E-state index contributed by atoms with van der Waals surface area (Å²) in [5.74, 6) is 0.789. The summed E-state index contributed by atoms with van der Waals surface area (Å²) in [6.45, 7) is -0.151. The van der Waals surface area contributed by atoms with Gasteiger partial charge in [-0.15, -0.1) is 0 Å². The van der Waals surface area contributed by atoms with Crippen LogP contribution in [-0.4, -0.2) is 47.3 Å². The molecule has 2 aromatic carbocycles. The Bertz CT molecular complexity index is 749. The Balaban J connectivity index is 1.86. The standard InChI is InChI=1S/C21H25ClO5/c1-26-16-5-2-13(3-6-16)10-15-11-14(4-8-18(15)22)21-20(25)19(24)9-7-17(12-23)27-21/h2-6,8,11,17,19-21,23-25H,7,9-10,12H2,1H3/t17?,19-,20?,21?/m1/s1. The molecule has 1 aliphatic rings. The molecule has 0 aliphatic carbocycles. The van der Waals surface area contributed by atoms with Gasteiger partial charge in [0.25, 0.3) is 0 Å². The number of halogens is 1. The van der Waals surface area contributed by atoms with E-state index in [1.54, 1.807) is 19.2 Å². The lowest BCUT2D eigenvalue weighted by Crippen LogP contribution is -2.32. The summed E-state index contributed by atoms with van der Waals surface area (Å²) >= 11 is 6.38. The van der Waals surface area contributed by atoms with Crippen LogP contribution in [0.15, 0.2) is 42.5 Å². The highest BCUT2D eigenvalue weighted by Crippen LogP contribution is 2.33. The minimum atomic E-state index is -1.06. The highest BCUT2D eigenvalue weighted by molar-refractivity contribution is 6.31. The van der Waals surface area contributed by atoms with E-state index in [4.69, 9.17) is 21.1 Å². The predicted octanol–water partition coefficient (Wildman–Crippen LogP) is 2.87. The minimum Gasteiger partial charge on any atom is -0.497 e. The molecular formula is C21H25ClO5. The Morgan fingerprint density at radius 3 is 2.52 bits per heavy atom. The van der Waals surface area contributed by atoms with Gasteiger partial charge in [0.15, 0.2) is 0 Å². The number of ether oxygens (including phenoxy) is 2. The molecule has 6 heteroatoms. The van der Waals surface area contributed by atoms with Crippen LogP contribution in [-0.2, 0) is 11.2 Å². The summed E-state index contributed by atoms with van der Waals surface area (Å²) in [7, 11) is 1.63. The van der Waals surface area contributed by atoms with Crippen molar-refractivity contribution in [2.45, 2.75) is 43.7 Å². The quantitative estimate of drug-likeness (QED) is 0.729. The van der Waals surface area contributed by atoms with Gasteiger partial charge in [-0.1, -0.05) is 35.9 Å². The third-order valence-electron chi connectivity index (χ3n) is 4.98. The molecule has 5 nitrogen and oxygen atoms in total. The molecule has 1 heterocycles. The molecule has 3 rings (SSSR count). The minimum absolute atomic E-state index is 0.151. The summed E-state index contributed by atoms with van der Waals surface area (Å²) in [5, 5.41) is 30.7. The van der Waals surface area contributed by atoms with Gasteiger partial charge in [-0.2, -0.15) is 0 Å². The van der Waals surface area contributed by atoms with E-state index in [1.165, 1.54) is 0 Å². The molecule has 0 aromatic heterocycles. The van der Waals surface area contributed by atoms with Gasteiger partial charge >= 0.3 is 0 Å². The molecule has 3 unspecified atom stereocenters. The number of aliphatic hydroxyl groups excluding tert-OH is 3. The van der Waals surface area contributed by atoms with Gasteiger partial charge in [0.1, 0.15) is 18.0 Å². The first kappa shape index (κ1) is 20.1. The van der Waals surface area contributed by atoms with E-state index in [2.05, 4.69) is 0 Å². The average molecular weight is 393 g/mol. The van der Waals surface area contributed by atoms with Crippen molar-refractivity contribution in [3.05, 3.63) is 64.2 Å². The normalized spacial score (nSPS) is 25.8. The van der Waals surface area contributed by atoms with Crippen molar-refractivity contribution in [1.82, 2.24) is 0 Å². The second kappa shape index (κ2) is 9.04. The van der Waals surface area contributed by atoms with E-state index < -0.39 is 24.4 Å². The molecule has 146 valence electrons. The molecule has 0 saturated carbocycles. The average Bonchev–Trinajstić information content (AvgIpc) is 2.83. The molecule has 3 N–H and O–H groups in total. The van der Waals surface area contributed by atoms with E-state index in [1.807, 2.05) is 30.3 Å². The second-order valence-corrected chi connectivity index (χ2v) is 7.28. The number of hydrogen-bond donors (Lipinski definition) is 3. The van der Waals surface area contributed by atoms with E-state index in [9.17, 15) is 15.3 Å². The van der Waals surface area contributed by atoms with Crippen molar-refractivity contribution in [2.24, 2.45) is 0 Å². The molecule has 2 aromatic rings. The molecule has 0 amide bonds. The Labute approximate surface area is 164 Å². The first-order chi connectivity index (χ1) is 13.0. The molecule has 1 saturated heterocycles. The first-order valence-electron chi connectivity index (χ1n) is 9.05.